The van der Waals surface area contributed by atoms with E-state index in [0.717, 1.165) is 18.4 Å². The molecule has 0 saturated heterocycles. The largest absolute Gasteiger partial charge is 0.481 e. The van der Waals surface area contributed by atoms with Gasteiger partial charge in [-0.15, -0.1) is 0 Å². The minimum Gasteiger partial charge on any atom is -0.481 e. The molecule has 20 heavy (non-hydrogen) atoms. The summed E-state index contributed by atoms with van der Waals surface area (Å²) in [6.45, 7) is 1.84. The first-order valence-electron chi connectivity index (χ1n) is 6.77. The van der Waals surface area contributed by atoms with E-state index < -0.39 is 5.97 Å². The first kappa shape index (κ1) is 14.9. The van der Waals surface area contributed by atoms with Crippen LogP contribution in [-0.4, -0.2) is 23.0 Å². The Balaban J connectivity index is 2.02. The normalized spacial score (nSPS) is 22.3. The highest BCUT2D eigenvalue weighted by Gasteiger charge is 2.28. The molecule has 0 aromatic heterocycles. The van der Waals surface area contributed by atoms with Crippen molar-refractivity contribution < 1.29 is 14.7 Å². The second-order valence-electron chi connectivity index (χ2n) is 5.33. The van der Waals surface area contributed by atoms with Gasteiger partial charge in [-0.05, 0) is 49.9 Å². The molecule has 0 aliphatic heterocycles. The Morgan fingerprint density at radius 3 is 2.75 bits per heavy atom. The molecule has 108 valence electrons. The minimum absolute atomic E-state index is 0.0626. The molecule has 5 heteroatoms. The van der Waals surface area contributed by atoms with Crippen molar-refractivity contribution in [1.29, 1.82) is 0 Å². The van der Waals surface area contributed by atoms with Crippen LogP contribution in [0.4, 0.5) is 0 Å². The number of halogens is 1. The van der Waals surface area contributed by atoms with Crippen LogP contribution in [0.3, 0.4) is 0 Å². The van der Waals surface area contributed by atoms with E-state index in [1.165, 1.54) is 0 Å². The number of carboxylic acids is 1. The van der Waals surface area contributed by atoms with Gasteiger partial charge in [-0.1, -0.05) is 18.0 Å². The Bertz CT molecular complexity index is 530. The Labute approximate surface area is 123 Å². The molecule has 2 N–H and O–H groups in total. The number of carbonyl (C=O) groups excluding carboxylic acids is 1. The number of benzene rings is 1. The molecule has 4 nitrogen and oxygen atoms in total. The molecule has 1 amide bonds. The highest BCUT2D eigenvalue weighted by molar-refractivity contribution is 6.30. The molecular formula is C15H18ClNO3. The maximum absolute atomic E-state index is 12.2. The Hall–Kier alpha value is -1.55. The number of hydrogen-bond acceptors (Lipinski definition) is 2. The average Bonchev–Trinajstić information content (AvgIpc) is 2.38. The van der Waals surface area contributed by atoms with Gasteiger partial charge in [0.15, 0.2) is 0 Å². The summed E-state index contributed by atoms with van der Waals surface area (Å²) in [6.07, 6.45) is 2.87. The van der Waals surface area contributed by atoms with Gasteiger partial charge in [0.25, 0.3) is 5.91 Å². The fraction of sp³-hybridized carbons (Fsp3) is 0.467. The van der Waals surface area contributed by atoms with Crippen molar-refractivity contribution in [2.24, 2.45) is 5.92 Å². The SMILES string of the molecule is Cc1cc(Cl)ccc1C(=O)NC1CCCC(C(=O)O)C1. The molecule has 0 bridgehead atoms. The van der Waals surface area contributed by atoms with Crippen LogP contribution in [-0.2, 0) is 4.79 Å². The van der Waals surface area contributed by atoms with Crippen LogP contribution in [0.15, 0.2) is 18.2 Å². The van der Waals surface area contributed by atoms with Crippen molar-refractivity contribution in [2.45, 2.75) is 38.6 Å². The van der Waals surface area contributed by atoms with Crippen molar-refractivity contribution in [3.05, 3.63) is 34.3 Å². The summed E-state index contributed by atoms with van der Waals surface area (Å²) >= 11 is 5.87. The smallest absolute Gasteiger partial charge is 0.306 e. The van der Waals surface area contributed by atoms with Crippen LogP contribution in [0.1, 0.15) is 41.6 Å². The summed E-state index contributed by atoms with van der Waals surface area (Å²) in [5, 5.41) is 12.6. The van der Waals surface area contributed by atoms with Gasteiger partial charge in [0, 0.05) is 16.6 Å². The molecule has 1 saturated carbocycles. The molecule has 2 unspecified atom stereocenters. The number of carbonyl (C=O) groups is 2. The second-order valence-corrected chi connectivity index (χ2v) is 5.77. The van der Waals surface area contributed by atoms with Gasteiger partial charge in [-0.3, -0.25) is 9.59 Å². The molecule has 1 aliphatic carbocycles. The second kappa shape index (κ2) is 6.27. The quantitative estimate of drug-likeness (QED) is 0.901. The van der Waals surface area contributed by atoms with E-state index in [1.807, 2.05) is 6.92 Å². The summed E-state index contributed by atoms with van der Waals surface area (Å²) in [6, 6.07) is 5.07. The predicted octanol–water partition coefficient (Wildman–Crippen LogP) is 3.02. The number of hydrogen-bond donors (Lipinski definition) is 2. The van der Waals surface area contributed by atoms with E-state index in [-0.39, 0.29) is 17.9 Å². The third kappa shape index (κ3) is 3.51. The number of aliphatic carboxylic acids is 1. The number of aryl methyl sites for hydroxylation is 1. The molecule has 0 heterocycles. The highest BCUT2D eigenvalue weighted by Crippen LogP contribution is 2.25. The Kier molecular flexibility index (Phi) is 4.65. The summed E-state index contributed by atoms with van der Waals surface area (Å²) in [4.78, 5) is 23.2. The Morgan fingerprint density at radius 2 is 2.10 bits per heavy atom. The zero-order chi connectivity index (χ0) is 14.7. The summed E-state index contributed by atoms with van der Waals surface area (Å²) in [5.74, 6) is -1.28. The standard InChI is InChI=1S/C15H18ClNO3/c1-9-7-11(16)5-6-13(9)14(18)17-12-4-2-3-10(8-12)15(19)20/h5-7,10,12H,2-4,8H2,1H3,(H,17,18)(H,19,20). The van der Waals surface area contributed by atoms with Crippen molar-refractivity contribution in [1.82, 2.24) is 5.32 Å². The van der Waals surface area contributed by atoms with Crippen LogP contribution in [0.2, 0.25) is 5.02 Å². The number of rotatable bonds is 3. The Morgan fingerprint density at radius 1 is 1.35 bits per heavy atom. The van der Waals surface area contributed by atoms with E-state index >= 15 is 0 Å². The number of amides is 1. The zero-order valence-electron chi connectivity index (χ0n) is 11.4. The molecule has 1 fully saturated rings. The lowest BCUT2D eigenvalue weighted by molar-refractivity contribution is -0.143. The van der Waals surface area contributed by atoms with Crippen LogP contribution >= 0.6 is 11.6 Å². The van der Waals surface area contributed by atoms with Gasteiger partial charge in [-0.2, -0.15) is 0 Å². The molecule has 1 aromatic rings. The van der Waals surface area contributed by atoms with E-state index in [2.05, 4.69) is 5.32 Å². The molecule has 0 radical (unpaired) electrons. The zero-order valence-corrected chi connectivity index (χ0v) is 12.1. The topological polar surface area (TPSA) is 66.4 Å². The van der Waals surface area contributed by atoms with Gasteiger partial charge < -0.3 is 10.4 Å². The third-order valence-electron chi connectivity index (χ3n) is 3.79. The van der Waals surface area contributed by atoms with E-state index in [4.69, 9.17) is 16.7 Å². The first-order chi connectivity index (χ1) is 9.47. The molecule has 1 aromatic carbocycles. The summed E-state index contributed by atoms with van der Waals surface area (Å²) in [5.41, 5.74) is 1.41. The minimum atomic E-state index is -0.772. The summed E-state index contributed by atoms with van der Waals surface area (Å²) in [7, 11) is 0. The van der Waals surface area contributed by atoms with Crippen LogP contribution < -0.4 is 5.32 Å². The fourth-order valence-electron chi connectivity index (χ4n) is 2.69. The van der Waals surface area contributed by atoms with Gasteiger partial charge in [0.2, 0.25) is 0 Å². The average molecular weight is 296 g/mol. The van der Waals surface area contributed by atoms with Gasteiger partial charge in [-0.25, -0.2) is 0 Å². The van der Waals surface area contributed by atoms with Gasteiger partial charge in [0.1, 0.15) is 0 Å². The lowest BCUT2D eigenvalue weighted by Crippen LogP contribution is -2.40. The van der Waals surface area contributed by atoms with E-state index in [9.17, 15) is 9.59 Å². The fourth-order valence-corrected chi connectivity index (χ4v) is 2.92. The summed E-state index contributed by atoms with van der Waals surface area (Å²) < 4.78 is 0. The van der Waals surface area contributed by atoms with Crippen LogP contribution in [0.25, 0.3) is 0 Å². The van der Waals surface area contributed by atoms with Crippen LogP contribution in [0.5, 0.6) is 0 Å². The van der Waals surface area contributed by atoms with Crippen LogP contribution in [0, 0.1) is 12.8 Å². The van der Waals surface area contributed by atoms with Crippen molar-refractivity contribution in [2.75, 3.05) is 0 Å². The number of carboxylic acid groups (broad SMARTS) is 1. The predicted molar refractivity (Wildman–Crippen MR) is 77.0 cm³/mol. The highest BCUT2D eigenvalue weighted by atomic mass is 35.5. The number of nitrogens with one attached hydrogen (secondary N) is 1. The lowest BCUT2D eigenvalue weighted by Gasteiger charge is -2.27. The van der Waals surface area contributed by atoms with Crippen molar-refractivity contribution >= 4 is 23.5 Å². The molecule has 1 aliphatic rings. The maximum atomic E-state index is 12.2. The molecular weight excluding hydrogens is 278 g/mol. The first-order valence-corrected chi connectivity index (χ1v) is 7.15. The lowest BCUT2D eigenvalue weighted by atomic mass is 9.85. The van der Waals surface area contributed by atoms with Gasteiger partial charge >= 0.3 is 5.97 Å². The van der Waals surface area contributed by atoms with E-state index in [0.29, 0.717) is 23.4 Å². The van der Waals surface area contributed by atoms with Gasteiger partial charge in [0.05, 0.1) is 5.92 Å². The third-order valence-corrected chi connectivity index (χ3v) is 4.03. The van der Waals surface area contributed by atoms with Crippen molar-refractivity contribution in [3.63, 3.8) is 0 Å². The molecule has 0 spiro atoms. The van der Waals surface area contributed by atoms with Crippen molar-refractivity contribution in [3.8, 4) is 0 Å². The van der Waals surface area contributed by atoms with E-state index in [1.54, 1.807) is 18.2 Å². The molecule has 2 rings (SSSR count). The maximum Gasteiger partial charge on any atom is 0.306 e. The molecule has 2 atom stereocenters. The monoisotopic (exact) mass is 295 g/mol.